The van der Waals surface area contributed by atoms with Gasteiger partial charge < -0.3 is 0 Å². The van der Waals surface area contributed by atoms with Crippen LogP contribution in [-0.4, -0.2) is 32.5 Å². The molecule has 2 aromatic heterocycles. The lowest BCUT2D eigenvalue weighted by molar-refractivity contribution is -0.141. The average Bonchev–Trinajstić information content (AvgIpc) is 3.40. The molecule has 15 heteroatoms. The summed E-state index contributed by atoms with van der Waals surface area (Å²) in [7, 11) is 0. The molecule has 224 valence electrons. The van der Waals surface area contributed by atoms with Gasteiger partial charge >= 0.3 is 6.18 Å². The fourth-order valence-corrected chi connectivity index (χ4v) is 5.01. The van der Waals surface area contributed by atoms with E-state index in [0.717, 1.165) is 4.90 Å². The van der Waals surface area contributed by atoms with Crippen LogP contribution in [0.25, 0.3) is 5.82 Å². The number of carbonyl (C=O) groups excluding carboxylic acids is 3. The van der Waals surface area contributed by atoms with Crippen molar-refractivity contribution in [2.24, 2.45) is 11.7 Å². The molecule has 11 nitrogen and oxygen atoms in total. The number of nitrogens with one attached hydrogen (secondary N) is 2. The van der Waals surface area contributed by atoms with Crippen molar-refractivity contribution >= 4 is 40.7 Å². The number of carbonyl (C=O) groups is 3. The Hall–Kier alpha value is -4.79. The lowest BCUT2D eigenvalue weighted by Crippen LogP contribution is -2.37. The van der Waals surface area contributed by atoms with E-state index >= 15 is 0 Å². The fraction of sp³-hybridized carbons (Fsp3) is 0.179. The topological polar surface area (TPSA) is 161 Å². The second-order valence-electron chi connectivity index (χ2n) is 9.68. The van der Waals surface area contributed by atoms with Crippen molar-refractivity contribution < 1.29 is 27.6 Å². The van der Waals surface area contributed by atoms with Crippen LogP contribution in [0.3, 0.4) is 0 Å². The van der Waals surface area contributed by atoms with Crippen molar-refractivity contribution in [1.29, 1.82) is 0 Å². The molecule has 0 aliphatic carbocycles. The molecule has 0 aliphatic heterocycles. The summed E-state index contributed by atoms with van der Waals surface area (Å²) >= 11 is 6.27. The monoisotopic (exact) mass is 614 g/mol. The number of pyridine rings is 1. The van der Waals surface area contributed by atoms with Crippen LogP contribution in [0, 0.1) is 27.7 Å². The number of anilines is 2. The Bertz CT molecular complexity index is 1700. The molecule has 0 atom stereocenters. The second-order valence-corrected chi connectivity index (χ2v) is 10.1. The third-order valence-electron chi connectivity index (χ3n) is 6.45. The molecule has 0 radical (unpaired) electrons. The standard InChI is InChI=1S/C28H26ClF3N8O3/c1-13-8-15(3)22(17(10-13)25(41)36-33)39(23-16(4)9-14(2)11-18(23)26(42)37-34)27(43)20-12-21(28(30,31)32)38-40(20)24-19(29)6-5-7-35-24/h5-12H,33-34H2,1-4H3,(H,36,41)(H,37,42). The van der Waals surface area contributed by atoms with E-state index in [9.17, 15) is 27.6 Å². The van der Waals surface area contributed by atoms with E-state index in [1.165, 1.54) is 30.5 Å². The highest BCUT2D eigenvalue weighted by molar-refractivity contribution is 6.32. The zero-order valence-electron chi connectivity index (χ0n) is 23.3. The first-order valence-corrected chi connectivity index (χ1v) is 12.9. The van der Waals surface area contributed by atoms with Crippen molar-refractivity contribution in [2.75, 3.05) is 4.90 Å². The van der Waals surface area contributed by atoms with E-state index in [1.54, 1.807) is 39.8 Å². The van der Waals surface area contributed by atoms with Gasteiger partial charge in [-0.25, -0.2) is 21.4 Å². The third kappa shape index (κ3) is 5.93. The number of amides is 3. The summed E-state index contributed by atoms with van der Waals surface area (Å²) < 4.78 is 42.6. The minimum absolute atomic E-state index is 0.0509. The normalized spacial score (nSPS) is 11.3. The van der Waals surface area contributed by atoms with Gasteiger partial charge in [-0.1, -0.05) is 23.7 Å². The van der Waals surface area contributed by atoms with Gasteiger partial charge in [0, 0.05) is 12.3 Å². The van der Waals surface area contributed by atoms with Crippen molar-refractivity contribution in [2.45, 2.75) is 33.9 Å². The molecule has 2 heterocycles. The van der Waals surface area contributed by atoms with Crippen molar-refractivity contribution in [1.82, 2.24) is 25.6 Å². The maximum Gasteiger partial charge on any atom is 0.435 e. The Kier molecular flexibility index (Phi) is 8.57. The summed E-state index contributed by atoms with van der Waals surface area (Å²) in [6.45, 7) is 6.59. The van der Waals surface area contributed by atoms with E-state index in [1.807, 2.05) is 10.9 Å². The Morgan fingerprint density at radius 3 is 1.84 bits per heavy atom. The Balaban J connectivity index is 2.17. The molecule has 0 spiro atoms. The van der Waals surface area contributed by atoms with Crippen LogP contribution in [0.1, 0.15) is 59.2 Å². The highest BCUT2D eigenvalue weighted by Gasteiger charge is 2.39. The molecule has 0 fully saturated rings. The van der Waals surface area contributed by atoms with Gasteiger partial charge in [-0.05, 0) is 74.2 Å². The van der Waals surface area contributed by atoms with Gasteiger partial charge in [0.1, 0.15) is 5.69 Å². The highest BCUT2D eigenvalue weighted by Crippen LogP contribution is 2.40. The number of nitrogens with two attached hydrogens (primary N) is 2. The van der Waals surface area contributed by atoms with Crippen LogP contribution in [0.2, 0.25) is 5.02 Å². The zero-order chi connectivity index (χ0) is 31.8. The predicted molar refractivity (Wildman–Crippen MR) is 153 cm³/mol. The first-order valence-electron chi connectivity index (χ1n) is 12.6. The summed E-state index contributed by atoms with van der Waals surface area (Å²) in [5.41, 5.74) is 3.73. The molecule has 2 aromatic carbocycles. The number of benzene rings is 2. The number of nitrogen functional groups attached to an aromatic ring is 2. The minimum Gasteiger partial charge on any atom is -0.290 e. The molecule has 4 rings (SSSR count). The number of hydrogen-bond acceptors (Lipinski definition) is 7. The van der Waals surface area contributed by atoms with E-state index in [0.29, 0.717) is 33.0 Å². The van der Waals surface area contributed by atoms with E-state index in [-0.39, 0.29) is 33.3 Å². The highest BCUT2D eigenvalue weighted by atomic mass is 35.5. The van der Waals surface area contributed by atoms with Crippen molar-refractivity contribution in [3.05, 3.63) is 98.5 Å². The number of halogens is 4. The smallest absolute Gasteiger partial charge is 0.290 e. The number of aryl methyl sites for hydroxylation is 4. The third-order valence-corrected chi connectivity index (χ3v) is 6.75. The number of nitrogens with zero attached hydrogens (tertiary/aromatic N) is 4. The largest absolute Gasteiger partial charge is 0.435 e. The first kappa shape index (κ1) is 31.2. The maximum absolute atomic E-state index is 14.7. The van der Waals surface area contributed by atoms with Gasteiger partial charge in [0.15, 0.2) is 11.5 Å². The second kappa shape index (κ2) is 11.8. The number of alkyl halides is 3. The van der Waals surface area contributed by atoms with Crippen molar-refractivity contribution in [3.63, 3.8) is 0 Å². The van der Waals surface area contributed by atoms with Crippen LogP contribution >= 0.6 is 11.6 Å². The summed E-state index contributed by atoms with van der Waals surface area (Å²) in [5.74, 6) is 7.99. The van der Waals surface area contributed by atoms with E-state index in [2.05, 4.69) is 10.1 Å². The summed E-state index contributed by atoms with van der Waals surface area (Å²) in [6, 6.07) is 9.57. The summed E-state index contributed by atoms with van der Waals surface area (Å²) in [4.78, 5) is 45.8. The molecular weight excluding hydrogens is 589 g/mol. The SMILES string of the molecule is Cc1cc(C)c(N(C(=O)c2cc(C(F)(F)F)nn2-c2ncccc2Cl)c2c(C)cc(C)cc2C(=O)NN)c(C(=O)NN)c1. The Morgan fingerprint density at radius 2 is 1.40 bits per heavy atom. The number of hydrogen-bond donors (Lipinski definition) is 4. The summed E-state index contributed by atoms with van der Waals surface area (Å²) in [5, 5.41) is 3.53. The Morgan fingerprint density at radius 1 is 0.884 bits per heavy atom. The van der Waals surface area contributed by atoms with Crippen LogP contribution in [0.15, 0.2) is 48.7 Å². The number of hydrazine groups is 2. The number of rotatable bonds is 6. The molecule has 0 unspecified atom stereocenters. The predicted octanol–water partition coefficient (Wildman–Crippen LogP) is 4.36. The fourth-order valence-electron chi connectivity index (χ4n) is 4.81. The van der Waals surface area contributed by atoms with E-state index < -0.39 is 35.3 Å². The first-order chi connectivity index (χ1) is 20.2. The van der Waals surface area contributed by atoms with Crippen LogP contribution in [0.5, 0.6) is 0 Å². The Labute approximate surface area is 248 Å². The average molecular weight is 615 g/mol. The minimum atomic E-state index is -4.96. The van der Waals surface area contributed by atoms with Crippen LogP contribution < -0.4 is 27.4 Å². The molecule has 43 heavy (non-hydrogen) atoms. The molecule has 3 amide bonds. The molecule has 4 aromatic rings. The van der Waals surface area contributed by atoms with Gasteiger partial charge in [0.25, 0.3) is 17.7 Å². The molecule has 0 bridgehead atoms. The molecule has 0 aliphatic rings. The quantitative estimate of drug-likeness (QED) is 0.143. The maximum atomic E-state index is 14.7. The van der Waals surface area contributed by atoms with E-state index in [4.69, 9.17) is 23.3 Å². The van der Waals surface area contributed by atoms with Crippen LogP contribution in [-0.2, 0) is 6.18 Å². The molecule has 0 saturated heterocycles. The summed E-state index contributed by atoms with van der Waals surface area (Å²) in [6.07, 6.45) is -3.69. The van der Waals surface area contributed by atoms with Gasteiger partial charge in [0.2, 0.25) is 0 Å². The lowest BCUT2D eigenvalue weighted by Gasteiger charge is -2.30. The lowest BCUT2D eigenvalue weighted by atomic mass is 9.97. The van der Waals surface area contributed by atoms with Gasteiger partial charge in [0.05, 0.1) is 27.5 Å². The van der Waals surface area contributed by atoms with Gasteiger partial charge in [-0.2, -0.15) is 18.3 Å². The number of aromatic nitrogens is 3. The van der Waals surface area contributed by atoms with Crippen LogP contribution in [0.4, 0.5) is 24.5 Å². The van der Waals surface area contributed by atoms with Gasteiger partial charge in [-0.15, -0.1) is 0 Å². The van der Waals surface area contributed by atoms with Crippen molar-refractivity contribution in [3.8, 4) is 5.82 Å². The van der Waals surface area contributed by atoms with Gasteiger partial charge in [-0.3, -0.25) is 30.1 Å². The molecule has 6 N–H and O–H groups in total. The zero-order valence-corrected chi connectivity index (χ0v) is 24.1. The molecule has 0 saturated carbocycles. The molecular formula is C28H26ClF3N8O3.